The highest BCUT2D eigenvalue weighted by atomic mass is 16.6. The molecule has 1 aromatic carbocycles. The number of hydrogen-bond donors (Lipinski definition) is 11. The fourth-order valence-electron chi connectivity index (χ4n) is 9.07. The molecule has 1 aromatic rings. The van der Waals surface area contributed by atoms with Crippen molar-refractivity contribution in [1.29, 1.82) is 0 Å². The number of hydrazine groups is 1. The Hall–Kier alpha value is -6.28. The van der Waals surface area contributed by atoms with E-state index in [1.54, 1.807) is 26.8 Å². The lowest BCUT2D eigenvalue weighted by Gasteiger charge is -2.39. The van der Waals surface area contributed by atoms with Gasteiger partial charge in [0.25, 0.3) is 5.91 Å². The van der Waals surface area contributed by atoms with Crippen molar-refractivity contribution in [2.24, 2.45) is 29.0 Å². The summed E-state index contributed by atoms with van der Waals surface area (Å²) >= 11 is 0. The number of aliphatic hydroxyl groups is 2. The number of nitrogens with zero attached hydrogens (tertiary/aromatic N) is 1. The minimum atomic E-state index is -1.32. The van der Waals surface area contributed by atoms with Gasteiger partial charge in [0, 0.05) is 31.7 Å². The molecule has 0 radical (unpaired) electrons. The second kappa shape index (κ2) is 30.6. The summed E-state index contributed by atoms with van der Waals surface area (Å²) in [6.45, 7) is 12.5. The van der Waals surface area contributed by atoms with Crippen LogP contribution in [0.15, 0.2) is 60.2 Å². The number of benzene rings is 1. The Morgan fingerprint density at radius 3 is 2.27 bits per heavy atom. The molecule has 0 aliphatic carbocycles. The van der Waals surface area contributed by atoms with Crippen LogP contribution >= 0.6 is 0 Å². The number of urea groups is 1. The van der Waals surface area contributed by atoms with Crippen LogP contribution in [-0.2, 0) is 54.3 Å². The summed E-state index contributed by atoms with van der Waals surface area (Å²) in [5.41, 5.74) is 22.2. The van der Waals surface area contributed by atoms with Crippen LogP contribution in [0.5, 0.6) is 0 Å². The average Bonchev–Trinajstić information content (AvgIpc) is 4.16. The van der Waals surface area contributed by atoms with Gasteiger partial charge in [-0.25, -0.2) is 15.0 Å². The summed E-state index contributed by atoms with van der Waals surface area (Å²) in [5.74, 6) is -4.01. The number of ether oxygens (including phenoxy) is 4. The first kappa shape index (κ1) is 63.3. The smallest absolute Gasteiger partial charge is 0.426 e. The largest absolute Gasteiger partial charge is 0.443 e. The number of epoxide rings is 1. The molecule has 9 amide bonds. The van der Waals surface area contributed by atoms with E-state index in [-0.39, 0.29) is 81.2 Å². The minimum absolute atomic E-state index is 0.0459. The number of carbonyl (C=O) groups excluding carboxylic acids is 8. The van der Waals surface area contributed by atoms with Crippen LogP contribution in [-0.4, -0.2) is 144 Å². The Labute approximate surface area is 450 Å². The second-order valence-electron chi connectivity index (χ2n) is 20.5. The number of nitrogens with one attached hydrogen (secondary N) is 6. The number of allylic oxidation sites excluding steroid dienone is 2. The predicted octanol–water partition coefficient (Wildman–Crippen LogP) is 1.16. The standard InChI is InChI=1S/C53H82N10O14/c1-30(2)46(60-48(69)39(55)11-8-9-23-54)50(71)63(41(49(70)58-35(7)65)12-10-24-57-51(56)72)37-18-16-36(17-19-37)28-74-52(73)62-61-45(67)26-38-27-53(29-75-53)47(68)43(77-38)21-14-31(3)13-20-42-32(4)25-40(34(6)76-42)59-44(66)22-15-33(5)64/h13-19,21-22,30,32-34,38-43,46-47,64,68H,8-12,20,23-29,54-55H2,1-7H3,(H,59,66)(H,60,69)(H,61,67)(H,62,73)(H3,56,57,72)(H,58,65,70)/b21-14+,22-15-,31-13+/t32-,33-,34+,38+,39-,40+,41-,42-,43+,46-,47+,53+/m0/s1. The van der Waals surface area contributed by atoms with E-state index in [1.807, 2.05) is 26.0 Å². The number of rotatable bonds is 26. The number of primary amides is 1. The summed E-state index contributed by atoms with van der Waals surface area (Å²) in [6.07, 6.45) is 6.88. The van der Waals surface area contributed by atoms with E-state index < -0.39 is 95.7 Å². The molecule has 77 heavy (non-hydrogen) atoms. The zero-order valence-corrected chi connectivity index (χ0v) is 45.3. The summed E-state index contributed by atoms with van der Waals surface area (Å²) in [6, 6.07) is 1.65. The minimum Gasteiger partial charge on any atom is -0.443 e. The highest BCUT2D eigenvalue weighted by Crippen LogP contribution is 2.43. The van der Waals surface area contributed by atoms with E-state index in [9.17, 15) is 48.6 Å². The Morgan fingerprint density at radius 2 is 1.65 bits per heavy atom. The highest BCUT2D eigenvalue weighted by Gasteiger charge is 2.58. The van der Waals surface area contributed by atoms with Gasteiger partial charge in [-0.1, -0.05) is 69.2 Å². The fraction of sp³-hybridized carbons (Fsp3) is 0.623. The number of imide groups is 1. The van der Waals surface area contributed by atoms with Gasteiger partial charge in [-0.15, -0.1) is 0 Å². The third-order valence-corrected chi connectivity index (χ3v) is 13.5. The van der Waals surface area contributed by atoms with Crippen molar-refractivity contribution < 1.29 is 67.5 Å². The molecule has 1 spiro atoms. The molecular formula is C53H82N10O14. The second-order valence-corrected chi connectivity index (χ2v) is 20.5. The van der Waals surface area contributed by atoms with Crippen LogP contribution in [0, 0.1) is 11.8 Å². The Bertz CT molecular complexity index is 2270. The number of carbonyl (C=O) groups is 8. The molecule has 3 fully saturated rings. The molecule has 12 atom stereocenters. The molecule has 3 heterocycles. The number of unbranched alkanes of at least 4 members (excludes halogenated alkanes) is 1. The van der Waals surface area contributed by atoms with E-state index in [4.69, 9.17) is 36.1 Å². The number of hydrogen-bond acceptors (Lipinski definition) is 16. The lowest BCUT2D eigenvalue weighted by Crippen LogP contribution is -2.59. The Morgan fingerprint density at radius 1 is 0.948 bits per heavy atom. The highest BCUT2D eigenvalue weighted by molar-refractivity contribution is 6.07. The maximum atomic E-state index is 14.6. The van der Waals surface area contributed by atoms with E-state index in [2.05, 4.69) is 39.0 Å². The molecular weight excluding hydrogens is 1000 g/mol. The van der Waals surface area contributed by atoms with Crippen molar-refractivity contribution in [3.8, 4) is 0 Å². The molecule has 24 nitrogen and oxygen atoms in total. The number of aliphatic hydroxyl groups excluding tert-OH is 2. The normalized spacial score (nSPS) is 24.8. The number of anilines is 1. The van der Waals surface area contributed by atoms with Gasteiger partial charge in [0.05, 0.1) is 49.5 Å². The lowest BCUT2D eigenvalue weighted by molar-refractivity contribution is -0.145. The average molecular weight is 1080 g/mol. The Kier molecular flexibility index (Phi) is 25.1. The summed E-state index contributed by atoms with van der Waals surface area (Å²) < 4.78 is 23.5. The summed E-state index contributed by atoms with van der Waals surface area (Å²) in [4.78, 5) is 104. The van der Waals surface area contributed by atoms with Crippen molar-refractivity contribution in [1.82, 2.24) is 32.1 Å². The first-order valence-electron chi connectivity index (χ1n) is 26.3. The summed E-state index contributed by atoms with van der Waals surface area (Å²) in [7, 11) is 0. The first-order chi connectivity index (χ1) is 36.4. The molecule has 4 rings (SSSR count). The zero-order chi connectivity index (χ0) is 57.0. The SMILES string of the molecule is CC(=O)NC(=O)[C@H](CCCNC(N)=O)N(C(=O)[C@@H](NC(=O)[C@@H](N)CCCCN)C(C)C)c1ccc(COC(=O)NNC(=O)C[C@@H]2C[C@@]3(CO3)[C@H](O)[C@@H](/C=C/C(C)=C/C[C@@H]3O[C@H](C)[C@H](NC(=O)/C=C\[C@H](C)O)C[C@@H]3C)O2)cc1. The van der Waals surface area contributed by atoms with Crippen molar-refractivity contribution in [3.63, 3.8) is 0 Å². The molecule has 3 aliphatic heterocycles. The number of nitrogens with two attached hydrogens (primary N) is 3. The van der Waals surface area contributed by atoms with Gasteiger partial charge in [-0.2, -0.15) is 0 Å². The fourth-order valence-corrected chi connectivity index (χ4v) is 9.07. The van der Waals surface area contributed by atoms with Crippen LogP contribution in [0.25, 0.3) is 0 Å². The van der Waals surface area contributed by atoms with Crippen molar-refractivity contribution in [2.75, 3.05) is 24.6 Å². The molecule has 0 bridgehead atoms. The molecule has 0 unspecified atom stereocenters. The van der Waals surface area contributed by atoms with Crippen LogP contribution in [0.4, 0.5) is 15.3 Å². The van der Waals surface area contributed by atoms with Gasteiger partial charge >= 0.3 is 12.1 Å². The van der Waals surface area contributed by atoms with Gasteiger partial charge in [-0.05, 0) is 95.4 Å². The van der Waals surface area contributed by atoms with Crippen LogP contribution < -0.4 is 54.2 Å². The number of amides is 9. The van der Waals surface area contributed by atoms with E-state index in [1.165, 1.54) is 41.3 Å². The maximum Gasteiger partial charge on any atom is 0.426 e. The third kappa shape index (κ3) is 20.6. The molecule has 0 aromatic heterocycles. The van der Waals surface area contributed by atoms with Gasteiger partial charge in [-0.3, -0.25) is 44.4 Å². The van der Waals surface area contributed by atoms with Gasteiger partial charge in [0.1, 0.15) is 36.5 Å². The van der Waals surface area contributed by atoms with Crippen molar-refractivity contribution in [3.05, 3.63) is 65.8 Å². The topological polar surface area (TPSA) is 371 Å². The van der Waals surface area contributed by atoms with Crippen LogP contribution in [0.2, 0.25) is 0 Å². The van der Waals surface area contributed by atoms with Crippen LogP contribution in [0.1, 0.15) is 112 Å². The van der Waals surface area contributed by atoms with E-state index in [0.29, 0.717) is 37.8 Å². The molecule has 24 heteroatoms. The maximum absolute atomic E-state index is 14.6. The lowest BCUT2D eigenvalue weighted by atomic mass is 9.87. The molecule has 3 saturated heterocycles. The quantitative estimate of drug-likeness (QED) is 0.0204. The Balaban J connectivity index is 1.36. The molecule has 428 valence electrons. The first-order valence-corrected chi connectivity index (χ1v) is 26.3. The molecule has 14 N–H and O–H groups in total. The summed E-state index contributed by atoms with van der Waals surface area (Å²) in [5, 5.41) is 31.0. The molecule has 3 aliphatic rings. The van der Waals surface area contributed by atoms with Crippen molar-refractivity contribution >= 4 is 53.3 Å². The van der Waals surface area contributed by atoms with Crippen LogP contribution in [0.3, 0.4) is 0 Å². The monoisotopic (exact) mass is 1080 g/mol. The zero-order valence-electron chi connectivity index (χ0n) is 45.3. The third-order valence-electron chi connectivity index (χ3n) is 13.5. The van der Waals surface area contributed by atoms with Gasteiger partial charge < -0.3 is 62.3 Å². The van der Waals surface area contributed by atoms with Crippen molar-refractivity contribution in [2.45, 2.75) is 179 Å². The van der Waals surface area contributed by atoms with E-state index >= 15 is 0 Å². The van der Waals surface area contributed by atoms with E-state index in [0.717, 1.165) is 18.9 Å². The molecule has 0 saturated carbocycles. The van der Waals surface area contributed by atoms with Gasteiger partial charge in [0.2, 0.25) is 29.5 Å². The van der Waals surface area contributed by atoms with Gasteiger partial charge in [0.15, 0.2) is 0 Å². The predicted molar refractivity (Wildman–Crippen MR) is 283 cm³/mol.